The first-order valence-electron chi connectivity index (χ1n) is 5.90. The summed E-state index contributed by atoms with van der Waals surface area (Å²) in [4.78, 5) is 18.2. The summed E-state index contributed by atoms with van der Waals surface area (Å²) in [5.41, 5.74) is 3.97. The van der Waals surface area contributed by atoms with E-state index < -0.39 is 5.97 Å². The molecule has 0 saturated carbocycles. The van der Waals surface area contributed by atoms with E-state index in [2.05, 4.69) is 16.0 Å². The van der Waals surface area contributed by atoms with Crippen molar-refractivity contribution in [2.45, 2.75) is 26.7 Å². The molecule has 0 saturated heterocycles. The van der Waals surface area contributed by atoms with Gasteiger partial charge in [-0.15, -0.1) is 0 Å². The van der Waals surface area contributed by atoms with Crippen molar-refractivity contribution in [3.05, 3.63) is 41.2 Å². The molecule has 0 spiro atoms. The molecule has 0 aliphatic rings. The van der Waals surface area contributed by atoms with Gasteiger partial charge in [-0.25, -0.2) is 4.98 Å². The zero-order chi connectivity index (χ0) is 13.1. The summed E-state index contributed by atoms with van der Waals surface area (Å²) in [6.07, 6.45) is 0.572. The molecule has 4 nitrogen and oxygen atoms in total. The number of imidazole rings is 1. The van der Waals surface area contributed by atoms with Crippen LogP contribution in [0.2, 0.25) is 0 Å². The van der Waals surface area contributed by atoms with Crippen molar-refractivity contribution in [1.29, 1.82) is 0 Å². The Morgan fingerprint density at radius 3 is 2.83 bits per heavy atom. The summed E-state index contributed by atoms with van der Waals surface area (Å²) in [6.45, 7) is 3.95. The normalized spacial score (nSPS) is 10.6. The maximum Gasteiger partial charge on any atom is 0.303 e. The molecular weight excluding hydrogens is 228 g/mol. The van der Waals surface area contributed by atoms with Crippen LogP contribution in [-0.2, 0) is 11.2 Å². The highest BCUT2D eigenvalue weighted by Crippen LogP contribution is 2.19. The Labute approximate surface area is 106 Å². The van der Waals surface area contributed by atoms with E-state index in [1.165, 1.54) is 5.56 Å². The Balaban J connectivity index is 2.25. The molecule has 2 rings (SSSR count). The predicted octanol–water partition coefficient (Wildman–Crippen LogP) is 2.71. The second kappa shape index (κ2) is 5.04. The lowest BCUT2D eigenvalue weighted by Crippen LogP contribution is -1.98. The minimum absolute atomic E-state index is 0.110. The van der Waals surface area contributed by atoms with Crippen LogP contribution in [-0.4, -0.2) is 21.0 Å². The highest BCUT2D eigenvalue weighted by molar-refractivity contribution is 5.67. The number of benzene rings is 1. The van der Waals surface area contributed by atoms with Gasteiger partial charge in [0.2, 0.25) is 0 Å². The molecule has 0 fully saturated rings. The number of aromatic amines is 1. The molecular formula is C14H16N2O2. The van der Waals surface area contributed by atoms with Crippen molar-refractivity contribution >= 4 is 5.97 Å². The Morgan fingerprint density at radius 1 is 1.39 bits per heavy atom. The second-order valence-electron chi connectivity index (χ2n) is 4.42. The SMILES string of the molecule is Cc1cccc(-c2nc(CCC(=O)O)c(C)[nH]2)c1. The topological polar surface area (TPSA) is 66.0 Å². The van der Waals surface area contributed by atoms with Crippen LogP contribution in [0.3, 0.4) is 0 Å². The van der Waals surface area contributed by atoms with Gasteiger partial charge in [-0.2, -0.15) is 0 Å². The van der Waals surface area contributed by atoms with E-state index in [9.17, 15) is 4.79 Å². The van der Waals surface area contributed by atoms with Crippen molar-refractivity contribution in [3.8, 4) is 11.4 Å². The van der Waals surface area contributed by atoms with Crippen molar-refractivity contribution in [1.82, 2.24) is 9.97 Å². The minimum atomic E-state index is -0.797. The molecule has 0 atom stereocenters. The number of H-pyrrole nitrogens is 1. The van der Waals surface area contributed by atoms with Crippen LogP contribution < -0.4 is 0 Å². The summed E-state index contributed by atoms with van der Waals surface area (Å²) >= 11 is 0. The van der Waals surface area contributed by atoms with Crippen LogP contribution >= 0.6 is 0 Å². The highest BCUT2D eigenvalue weighted by Gasteiger charge is 2.09. The Hall–Kier alpha value is -2.10. The average Bonchev–Trinajstić information content (AvgIpc) is 2.68. The fourth-order valence-corrected chi connectivity index (χ4v) is 1.89. The summed E-state index contributed by atoms with van der Waals surface area (Å²) in [5, 5.41) is 8.69. The molecule has 0 radical (unpaired) electrons. The number of aromatic nitrogens is 2. The van der Waals surface area contributed by atoms with Crippen LogP contribution in [0.1, 0.15) is 23.4 Å². The molecule has 0 bridgehead atoms. The molecule has 0 unspecified atom stereocenters. The van der Waals surface area contributed by atoms with E-state index in [0.29, 0.717) is 6.42 Å². The molecule has 4 heteroatoms. The smallest absolute Gasteiger partial charge is 0.303 e. The lowest BCUT2D eigenvalue weighted by molar-refractivity contribution is -0.136. The van der Waals surface area contributed by atoms with Gasteiger partial charge < -0.3 is 10.1 Å². The van der Waals surface area contributed by atoms with Gasteiger partial charge in [-0.05, 0) is 19.9 Å². The van der Waals surface area contributed by atoms with E-state index in [1.807, 2.05) is 32.0 Å². The van der Waals surface area contributed by atoms with Gasteiger partial charge in [0.25, 0.3) is 0 Å². The molecule has 1 aromatic heterocycles. The van der Waals surface area contributed by atoms with Gasteiger partial charge in [-0.3, -0.25) is 4.79 Å². The standard InChI is InChI=1S/C14H16N2O2/c1-9-4-3-5-11(8-9)14-15-10(2)12(16-14)6-7-13(17)18/h3-5,8H,6-7H2,1-2H3,(H,15,16)(H,17,18). The van der Waals surface area contributed by atoms with E-state index in [4.69, 9.17) is 5.11 Å². The van der Waals surface area contributed by atoms with Gasteiger partial charge in [0.1, 0.15) is 5.82 Å². The molecule has 2 N–H and O–H groups in total. The van der Waals surface area contributed by atoms with Gasteiger partial charge in [0.05, 0.1) is 12.1 Å². The first-order valence-corrected chi connectivity index (χ1v) is 5.90. The lowest BCUT2D eigenvalue weighted by atomic mass is 10.1. The van der Waals surface area contributed by atoms with Gasteiger partial charge in [0.15, 0.2) is 0 Å². The number of aliphatic carboxylic acids is 1. The van der Waals surface area contributed by atoms with Crippen LogP contribution in [0.25, 0.3) is 11.4 Å². The first kappa shape index (κ1) is 12.4. The van der Waals surface area contributed by atoms with Crippen LogP contribution in [0.4, 0.5) is 0 Å². The number of carbonyl (C=O) groups is 1. The van der Waals surface area contributed by atoms with Gasteiger partial charge >= 0.3 is 5.97 Å². The van der Waals surface area contributed by atoms with Crippen molar-refractivity contribution in [2.75, 3.05) is 0 Å². The monoisotopic (exact) mass is 244 g/mol. The Morgan fingerprint density at radius 2 is 2.17 bits per heavy atom. The zero-order valence-electron chi connectivity index (χ0n) is 10.5. The summed E-state index contributed by atoms with van der Waals surface area (Å²) < 4.78 is 0. The molecule has 2 aromatic rings. The number of aryl methyl sites for hydroxylation is 3. The predicted molar refractivity (Wildman–Crippen MR) is 69.5 cm³/mol. The van der Waals surface area contributed by atoms with E-state index >= 15 is 0 Å². The third kappa shape index (κ3) is 2.77. The zero-order valence-corrected chi connectivity index (χ0v) is 10.5. The van der Waals surface area contributed by atoms with Crippen molar-refractivity contribution < 1.29 is 9.90 Å². The highest BCUT2D eigenvalue weighted by atomic mass is 16.4. The largest absolute Gasteiger partial charge is 0.481 e. The third-order valence-electron chi connectivity index (χ3n) is 2.85. The second-order valence-corrected chi connectivity index (χ2v) is 4.42. The summed E-state index contributed by atoms with van der Waals surface area (Å²) in [5.74, 6) is 0.00564. The number of nitrogens with zero attached hydrogens (tertiary/aromatic N) is 1. The number of carboxylic acid groups (broad SMARTS) is 1. The van der Waals surface area contributed by atoms with E-state index in [0.717, 1.165) is 22.8 Å². The van der Waals surface area contributed by atoms with Gasteiger partial charge in [-0.1, -0.05) is 23.8 Å². The molecule has 1 heterocycles. The maximum atomic E-state index is 10.6. The Bertz CT molecular complexity index is 573. The molecule has 18 heavy (non-hydrogen) atoms. The summed E-state index contributed by atoms with van der Waals surface area (Å²) in [7, 11) is 0. The summed E-state index contributed by atoms with van der Waals surface area (Å²) in [6, 6.07) is 8.07. The fraction of sp³-hybridized carbons (Fsp3) is 0.286. The Kier molecular flexibility index (Phi) is 3.46. The average molecular weight is 244 g/mol. The molecule has 0 aliphatic heterocycles. The molecule has 0 amide bonds. The number of hydrogen-bond acceptors (Lipinski definition) is 2. The van der Waals surface area contributed by atoms with E-state index in [-0.39, 0.29) is 6.42 Å². The fourth-order valence-electron chi connectivity index (χ4n) is 1.89. The molecule has 1 aromatic carbocycles. The van der Waals surface area contributed by atoms with Crippen molar-refractivity contribution in [3.63, 3.8) is 0 Å². The maximum absolute atomic E-state index is 10.6. The van der Waals surface area contributed by atoms with Gasteiger partial charge in [0, 0.05) is 17.7 Å². The number of hydrogen-bond donors (Lipinski definition) is 2. The van der Waals surface area contributed by atoms with Crippen molar-refractivity contribution in [2.24, 2.45) is 0 Å². The van der Waals surface area contributed by atoms with E-state index in [1.54, 1.807) is 0 Å². The minimum Gasteiger partial charge on any atom is -0.481 e. The molecule has 94 valence electrons. The lowest BCUT2D eigenvalue weighted by Gasteiger charge is -1.97. The molecule has 0 aliphatic carbocycles. The number of nitrogens with one attached hydrogen (secondary N) is 1. The number of rotatable bonds is 4. The number of carboxylic acids is 1. The van der Waals surface area contributed by atoms with Crippen LogP contribution in [0.5, 0.6) is 0 Å². The van der Waals surface area contributed by atoms with Crippen LogP contribution in [0.15, 0.2) is 24.3 Å². The first-order chi connectivity index (χ1) is 8.56. The third-order valence-corrected chi connectivity index (χ3v) is 2.85. The quantitative estimate of drug-likeness (QED) is 0.869. The van der Waals surface area contributed by atoms with Crippen LogP contribution in [0, 0.1) is 13.8 Å².